The molecule has 0 aliphatic heterocycles. The molecule has 7 heteroatoms. The van der Waals surface area contributed by atoms with E-state index in [1.807, 2.05) is 26.0 Å². The fourth-order valence-electron chi connectivity index (χ4n) is 2.34. The maximum absolute atomic E-state index is 12.8. The molecule has 0 heterocycles. The van der Waals surface area contributed by atoms with E-state index in [-0.39, 0.29) is 16.6 Å². The number of amides is 1. The first-order valence-corrected chi connectivity index (χ1v) is 8.40. The van der Waals surface area contributed by atoms with Crippen molar-refractivity contribution in [1.82, 2.24) is 0 Å². The van der Waals surface area contributed by atoms with Gasteiger partial charge >= 0.3 is 6.18 Å². The molecule has 3 nitrogen and oxygen atoms in total. The maximum Gasteiger partial charge on any atom is 0.416 e. The lowest BCUT2D eigenvalue weighted by Crippen LogP contribution is -2.30. The van der Waals surface area contributed by atoms with Crippen LogP contribution in [0.15, 0.2) is 42.5 Å². The fourth-order valence-corrected chi connectivity index (χ4v) is 2.51. The number of benzene rings is 2. The molecule has 0 unspecified atom stereocenters. The van der Waals surface area contributed by atoms with Crippen molar-refractivity contribution in [2.75, 3.05) is 5.32 Å². The Morgan fingerprint density at radius 3 is 2.38 bits per heavy atom. The molecule has 2 aromatic carbocycles. The highest BCUT2D eigenvalue weighted by Crippen LogP contribution is 2.34. The molecule has 0 saturated carbocycles. The van der Waals surface area contributed by atoms with E-state index < -0.39 is 23.8 Å². The highest BCUT2D eigenvalue weighted by molar-refractivity contribution is 6.33. The zero-order chi connectivity index (χ0) is 19.5. The number of hydrogen-bond acceptors (Lipinski definition) is 2. The minimum atomic E-state index is -4.53. The van der Waals surface area contributed by atoms with Crippen molar-refractivity contribution in [3.63, 3.8) is 0 Å². The number of carbonyl (C=O) groups is 1. The van der Waals surface area contributed by atoms with E-state index in [1.54, 1.807) is 12.1 Å². The number of rotatable bonds is 5. The Balaban J connectivity index is 2.15. The van der Waals surface area contributed by atoms with Crippen LogP contribution in [0.4, 0.5) is 18.9 Å². The minimum Gasteiger partial charge on any atom is -0.481 e. The van der Waals surface area contributed by atoms with Gasteiger partial charge in [-0.15, -0.1) is 0 Å². The van der Waals surface area contributed by atoms with E-state index in [1.165, 1.54) is 6.92 Å². The lowest BCUT2D eigenvalue weighted by atomic mass is 10.0. The van der Waals surface area contributed by atoms with Crippen LogP contribution in [0.5, 0.6) is 5.75 Å². The summed E-state index contributed by atoms with van der Waals surface area (Å²) >= 11 is 5.90. The predicted molar refractivity (Wildman–Crippen MR) is 95.7 cm³/mol. The number of para-hydroxylation sites is 1. The highest BCUT2D eigenvalue weighted by Gasteiger charge is 2.31. The number of anilines is 1. The van der Waals surface area contributed by atoms with Crippen molar-refractivity contribution < 1.29 is 22.7 Å². The Kier molecular flexibility index (Phi) is 6.18. The largest absolute Gasteiger partial charge is 0.481 e. The van der Waals surface area contributed by atoms with E-state index in [4.69, 9.17) is 16.3 Å². The summed E-state index contributed by atoms with van der Waals surface area (Å²) < 4.78 is 44.2. The number of nitrogens with one attached hydrogen (secondary N) is 1. The third-order valence-corrected chi connectivity index (χ3v) is 4.10. The molecule has 0 radical (unpaired) electrons. The normalized spacial score (nSPS) is 12.8. The second kappa shape index (κ2) is 7.99. The van der Waals surface area contributed by atoms with Crippen LogP contribution in [0.1, 0.15) is 37.8 Å². The second-order valence-corrected chi connectivity index (χ2v) is 6.54. The Bertz CT molecular complexity index is 791. The average Bonchev–Trinajstić information content (AvgIpc) is 2.56. The second-order valence-electron chi connectivity index (χ2n) is 6.13. The van der Waals surface area contributed by atoms with Crippen LogP contribution < -0.4 is 10.1 Å². The van der Waals surface area contributed by atoms with Gasteiger partial charge in [0.05, 0.1) is 16.3 Å². The van der Waals surface area contributed by atoms with Crippen LogP contribution in [-0.4, -0.2) is 12.0 Å². The third kappa shape index (κ3) is 4.91. The first-order valence-electron chi connectivity index (χ1n) is 8.02. The first-order chi connectivity index (χ1) is 12.1. The molecule has 1 atom stereocenters. The third-order valence-electron chi connectivity index (χ3n) is 3.77. The van der Waals surface area contributed by atoms with Gasteiger partial charge in [-0.2, -0.15) is 13.2 Å². The molecule has 1 amide bonds. The zero-order valence-corrected chi connectivity index (χ0v) is 15.3. The molecule has 0 aliphatic rings. The number of ether oxygens (including phenoxy) is 1. The average molecular weight is 386 g/mol. The Hall–Kier alpha value is -2.21. The summed E-state index contributed by atoms with van der Waals surface area (Å²) in [6.45, 7) is 5.51. The molecule has 1 N–H and O–H groups in total. The number of halogens is 4. The Labute approximate surface area is 155 Å². The molecular weight excluding hydrogens is 367 g/mol. The van der Waals surface area contributed by atoms with Gasteiger partial charge in [0.2, 0.25) is 0 Å². The van der Waals surface area contributed by atoms with Crippen LogP contribution >= 0.6 is 11.6 Å². The zero-order valence-electron chi connectivity index (χ0n) is 14.5. The molecular formula is C19H19ClF3NO2. The molecule has 0 spiro atoms. The Morgan fingerprint density at radius 1 is 1.12 bits per heavy atom. The highest BCUT2D eigenvalue weighted by atomic mass is 35.5. The quantitative estimate of drug-likeness (QED) is 0.697. The van der Waals surface area contributed by atoms with Gasteiger partial charge in [0, 0.05) is 0 Å². The molecule has 0 aliphatic carbocycles. The number of carbonyl (C=O) groups excluding carboxylic acids is 1. The van der Waals surface area contributed by atoms with Crippen molar-refractivity contribution in [2.24, 2.45) is 0 Å². The van der Waals surface area contributed by atoms with Gasteiger partial charge < -0.3 is 10.1 Å². The Morgan fingerprint density at radius 2 is 1.77 bits per heavy atom. The van der Waals surface area contributed by atoms with Crippen molar-refractivity contribution in [2.45, 2.75) is 39.0 Å². The van der Waals surface area contributed by atoms with Crippen molar-refractivity contribution in [3.05, 3.63) is 58.6 Å². The summed E-state index contributed by atoms with van der Waals surface area (Å²) in [6.07, 6.45) is -5.44. The summed E-state index contributed by atoms with van der Waals surface area (Å²) in [7, 11) is 0. The van der Waals surface area contributed by atoms with E-state index in [2.05, 4.69) is 5.32 Å². The molecule has 2 rings (SSSR count). The van der Waals surface area contributed by atoms with Gasteiger partial charge in [0.25, 0.3) is 5.91 Å². The van der Waals surface area contributed by atoms with E-state index in [9.17, 15) is 18.0 Å². The lowest BCUT2D eigenvalue weighted by molar-refractivity contribution is -0.137. The molecule has 0 saturated heterocycles. The molecule has 2 aromatic rings. The molecule has 0 fully saturated rings. The predicted octanol–water partition coefficient (Wildman–Crippen LogP) is 5.89. The van der Waals surface area contributed by atoms with E-state index >= 15 is 0 Å². The molecule has 140 valence electrons. The monoisotopic (exact) mass is 385 g/mol. The van der Waals surface area contributed by atoms with Crippen LogP contribution in [0.2, 0.25) is 5.02 Å². The van der Waals surface area contributed by atoms with Crippen LogP contribution in [0, 0.1) is 0 Å². The summed E-state index contributed by atoms with van der Waals surface area (Å²) in [4.78, 5) is 12.3. The van der Waals surface area contributed by atoms with Gasteiger partial charge in [-0.05, 0) is 42.7 Å². The van der Waals surface area contributed by atoms with Gasteiger partial charge in [0.1, 0.15) is 5.75 Å². The van der Waals surface area contributed by atoms with Crippen molar-refractivity contribution in [3.8, 4) is 5.75 Å². The lowest BCUT2D eigenvalue weighted by Gasteiger charge is -2.19. The van der Waals surface area contributed by atoms with Gasteiger partial charge in [-0.1, -0.05) is 43.6 Å². The molecule has 26 heavy (non-hydrogen) atoms. The molecule has 0 aromatic heterocycles. The van der Waals surface area contributed by atoms with Crippen molar-refractivity contribution in [1.29, 1.82) is 0 Å². The maximum atomic E-state index is 12.8. The smallest absolute Gasteiger partial charge is 0.416 e. The van der Waals surface area contributed by atoms with Gasteiger partial charge in [-0.25, -0.2) is 0 Å². The van der Waals surface area contributed by atoms with Crippen LogP contribution in [0.3, 0.4) is 0 Å². The van der Waals surface area contributed by atoms with Crippen molar-refractivity contribution >= 4 is 23.2 Å². The standard InChI is InChI=1S/C19H19ClF3NO2/c1-11(2)14-6-4-5-7-17(14)26-12(3)18(25)24-16-10-13(19(21,22)23)8-9-15(16)20/h4-12H,1-3H3,(H,24,25)/t12-/m1/s1. The summed E-state index contributed by atoms with van der Waals surface area (Å²) in [6, 6.07) is 10.1. The minimum absolute atomic E-state index is 0.0149. The number of alkyl halides is 3. The summed E-state index contributed by atoms with van der Waals surface area (Å²) in [5.74, 6) is 0.157. The van der Waals surface area contributed by atoms with E-state index in [0.717, 1.165) is 23.8 Å². The summed E-state index contributed by atoms with van der Waals surface area (Å²) in [5.41, 5.74) is -0.0701. The van der Waals surface area contributed by atoms with Gasteiger partial charge in [-0.3, -0.25) is 4.79 Å². The van der Waals surface area contributed by atoms with E-state index in [0.29, 0.717) is 5.75 Å². The topological polar surface area (TPSA) is 38.3 Å². The van der Waals surface area contributed by atoms with Gasteiger partial charge in [0.15, 0.2) is 6.10 Å². The first kappa shape index (κ1) is 20.1. The SMILES string of the molecule is CC(C)c1ccccc1O[C@H](C)C(=O)Nc1cc(C(F)(F)F)ccc1Cl. The fraction of sp³-hybridized carbons (Fsp3) is 0.316. The summed E-state index contributed by atoms with van der Waals surface area (Å²) in [5, 5.41) is 2.41. The van der Waals surface area contributed by atoms with Crippen LogP contribution in [-0.2, 0) is 11.0 Å². The number of hydrogen-bond donors (Lipinski definition) is 1. The molecule has 0 bridgehead atoms. The van der Waals surface area contributed by atoms with Crippen LogP contribution in [0.25, 0.3) is 0 Å².